The number of ether oxygens (including phenoxy) is 1. The summed E-state index contributed by atoms with van der Waals surface area (Å²) in [6.07, 6.45) is 1.42. The zero-order valence-corrected chi connectivity index (χ0v) is 19.1. The molecule has 166 valence electrons. The number of hydrogen-bond donors (Lipinski definition) is 1. The number of anilines is 1. The van der Waals surface area contributed by atoms with E-state index in [0.717, 1.165) is 20.5 Å². The average Bonchev–Trinajstić information content (AvgIpc) is 2.79. The first-order valence-electron chi connectivity index (χ1n) is 9.97. The molecular weight excluding hydrogens is 491 g/mol. The first-order chi connectivity index (χ1) is 15.8. The van der Waals surface area contributed by atoms with Gasteiger partial charge in [-0.15, -0.1) is 0 Å². The van der Waals surface area contributed by atoms with Crippen molar-refractivity contribution in [1.29, 1.82) is 0 Å². The van der Waals surface area contributed by atoms with Crippen LogP contribution in [-0.4, -0.2) is 17.8 Å². The molecule has 0 aromatic heterocycles. The number of urea groups is 1. The highest BCUT2D eigenvalue weighted by atomic mass is 79.9. The number of imide groups is 2. The van der Waals surface area contributed by atoms with Crippen molar-refractivity contribution in [3.05, 3.63) is 99.3 Å². The lowest BCUT2D eigenvalue weighted by molar-refractivity contribution is -0.122. The van der Waals surface area contributed by atoms with E-state index in [2.05, 4.69) is 21.2 Å². The van der Waals surface area contributed by atoms with Crippen LogP contribution in [-0.2, 0) is 16.2 Å². The fraction of sp³-hybridized carbons (Fsp3) is 0.0800. The molecule has 3 aromatic carbocycles. The van der Waals surface area contributed by atoms with Crippen LogP contribution in [0.5, 0.6) is 5.75 Å². The van der Waals surface area contributed by atoms with Crippen molar-refractivity contribution >= 4 is 45.5 Å². The number of carbonyl (C=O) groups excluding carboxylic acids is 3. The number of halogens is 2. The van der Waals surface area contributed by atoms with Gasteiger partial charge in [0.2, 0.25) is 0 Å². The van der Waals surface area contributed by atoms with Crippen LogP contribution in [0.15, 0.2) is 76.8 Å². The monoisotopic (exact) mass is 508 g/mol. The van der Waals surface area contributed by atoms with Gasteiger partial charge in [-0.05, 0) is 72.2 Å². The summed E-state index contributed by atoms with van der Waals surface area (Å²) in [5.74, 6) is -1.20. The molecule has 1 aliphatic heterocycles. The maximum absolute atomic E-state index is 13.0. The van der Waals surface area contributed by atoms with Crippen molar-refractivity contribution in [3.63, 3.8) is 0 Å². The fourth-order valence-electron chi connectivity index (χ4n) is 3.23. The molecule has 0 spiro atoms. The van der Waals surface area contributed by atoms with Gasteiger partial charge in [0, 0.05) is 4.47 Å². The second-order valence-electron chi connectivity index (χ2n) is 7.38. The van der Waals surface area contributed by atoms with Crippen LogP contribution >= 0.6 is 15.9 Å². The van der Waals surface area contributed by atoms with E-state index in [-0.39, 0.29) is 18.0 Å². The summed E-state index contributed by atoms with van der Waals surface area (Å²) in [6, 6.07) is 17.0. The Morgan fingerprint density at radius 1 is 1.00 bits per heavy atom. The minimum atomic E-state index is -0.798. The molecule has 1 saturated heterocycles. The summed E-state index contributed by atoms with van der Waals surface area (Å²) in [5, 5.41) is 2.21. The Hall–Kier alpha value is -3.78. The number of benzene rings is 3. The molecule has 33 heavy (non-hydrogen) atoms. The van der Waals surface area contributed by atoms with Crippen LogP contribution < -0.4 is 15.0 Å². The zero-order chi connectivity index (χ0) is 23.5. The van der Waals surface area contributed by atoms with Crippen molar-refractivity contribution in [2.45, 2.75) is 13.5 Å². The Morgan fingerprint density at radius 3 is 2.36 bits per heavy atom. The standard InChI is InChI=1S/C25H18BrFN2O4/c1-15-12-19(8-11-22(15)26)29-24(31)21(23(30)28-25(29)32)13-16-4-9-20(10-5-16)33-14-17-2-6-18(27)7-3-17/h2-13H,14H2,1H3,(H,28,30,32)/b21-13+. The molecule has 0 unspecified atom stereocenters. The Kier molecular flexibility index (Phi) is 6.37. The average molecular weight is 509 g/mol. The van der Waals surface area contributed by atoms with Gasteiger partial charge in [-0.25, -0.2) is 14.1 Å². The SMILES string of the molecule is Cc1cc(N2C(=O)NC(=O)/C(=C\c3ccc(OCc4ccc(F)cc4)cc3)C2=O)ccc1Br. The largest absolute Gasteiger partial charge is 0.489 e. The summed E-state index contributed by atoms with van der Waals surface area (Å²) in [4.78, 5) is 38.7. The first kappa shape index (κ1) is 22.4. The van der Waals surface area contributed by atoms with Gasteiger partial charge in [-0.3, -0.25) is 14.9 Å². The van der Waals surface area contributed by atoms with Crippen LogP contribution in [0, 0.1) is 12.7 Å². The number of carbonyl (C=O) groups is 3. The summed E-state index contributed by atoms with van der Waals surface area (Å²) >= 11 is 3.39. The third-order valence-electron chi connectivity index (χ3n) is 5.01. The molecule has 8 heteroatoms. The molecule has 4 amide bonds. The molecule has 1 fully saturated rings. The highest BCUT2D eigenvalue weighted by molar-refractivity contribution is 9.10. The van der Waals surface area contributed by atoms with E-state index in [1.807, 2.05) is 6.92 Å². The summed E-state index contributed by atoms with van der Waals surface area (Å²) in [5.41, 5.74) is 2.45. The molecule has 0 bridgehead atoms. The molecule has 0 radical (unpaired) electrons. The topological polar surface area (TPSA) is 75.7 Å². The van der Waals surface area contributed by atoms with E-state index in [0.29, 0.717) is 17.0 Å². The molecule has 0 atom stereocenters. The van der Waals surface area contributed by atoms with E-state index in [9.17, 15) is 18.8 Å². The van der Waals surface area contributed by atoms with Gasteiger partial charge < -0.3 is 4.74 Å². The summed E-state index contributed by atoms with van der Waals surface area (Å²) < 4.78 is 19.5. The maximum atomic E-state index is 13.0. The number of nitrogens with one attached hydrogen (secondary N) is 1. The Morgan fingerprint density at radius 2 is 1.70 bits per heavy atom. The number of hydrogen-bond acceptors (Lipinski definition) is 4. The minimum absolute atomic E-state index is 0.157. The molecule has 1 N–H and O–H groups in total. The lowest BCUT2D eigenvalue weighted by Crippen LogP contribution is -2.54. The number of nitrogens with zero attached hydrogens (tertiary/aromatic N) is 1. The lowest BCUT2D eigenvalue weighted by atomic mass is 10.1. The molecule has 4 rings (SSSR count). The number of barbiturate groups is 1. The van der Waals surface area contributed by atoms with Gasteiger partial charge in [0.25, 0.3) is 11.8 Å². The highest BCUT2D eigenvalue weighted by Gasteiger charge is 2.36. The third-order valence-corrected chi connectivity index (χ3v) is 5.90. The summed E-state index contributed by atoms with van der Waals surface area (Å²) in [7, 11) is 0. The minimum Gasteiger partial charge on any atom is -0.489 e. The number of rotatable bonds is 5. The smallest absolute Gasteiger partial charge is 0.335 e. The van der Waals surface area contributed by atoms with Crippen LogP contribution in [0.2, 0.25) is 0 Å². The van der Waals surface area contributed by atoms with Gasteiger partial charge in [0.15, 0.2) is 0 Å². The van der Waals surface area contributed by atoms with Crippen LogP contribution in [0.25, 0.3) is 6.08 Å². The van der Waals surface area contributed by atoms with Gasteiger partial charge in [0.05, 0.1) is 5.69 Å². The van der Waals surface area contributed by atoms with Crippen molar-refractivity contribution in [1.82, 2.24) is 5.32 Å². The third kappa shape index (κ3) is 5.01. The zero-order valence-electron chi connectivity index (χ0n) is 17.5. The highest BCUT2D eigenvalue weighted by Crippen LogP contribution is 2.26. The molecule has 0 saturated carbocycles. The van der Waals surface area contributed by atoms with E-state index in [1.165, 1.54) is 18.2 Å². The normalized spacial score (nSPS) is 15.1. The van der Waals surface area contributed by atoms with Gasteiger partial charge in [0.1, 0.15) is 23.7 Å². The maximum Gasteiger partial charge on any atom is 0.335 e. The molecule has 1 aliphatic rings. The van der Waals surface area contributed by atoms with Crippen molar-refractivity contribution in [2.75, 3.05) is 4.90 Å². The Labute approximate surface area is 197 Å². The summed E-state index contributed by atoms with van der Waals surface area (Å²) in [6.45, 7) is 2.10. The lowest BCUT2D eigenvalue weighted by Gasteiger charge is -2.26. The molecule has 1 heterocycles. The Balaban J connectivity index is 1.52. The van der Waals surface area contributed by atoms with Crippen molar-refractivity contribution in [2.24, 2.45) is 0 Å². The number of aryl methyl sites for hydroxylation is 1. The van der Waals surface area contributed by atoms with Crippen molar-refractivity contribution < 1.29 is 23.5 Å². The molecule has 3 aromatic rings. The second kappa shape index (κ2) is 9.38. The predicted octanol–water partition coefficient (Wildman–Crippen LogP) is 5.14. The fourth-order valence-corrected chi connectivity index (χ4v) is 3.48. The van der Waals surface area contributed by atoms with Gasteiger partial charge in [-0.1, -0.05) is 40.2 Å². The molecular formula is C25H18BrFN2O4. The van der Waals surface area contributed by atoms with E-state index < -0.39 is 17.8 Å². The van der Waals surface area contributed by atoms with E-state index in [1.54, 1.807) is 54.6 Å². The molecule has 0 aliphatic carbocycles. The quantitative estimate of drug-likeness (QED) is 0.382. The second-order valence-corrected chi connectivity index (χ2v) is 8.23. The van der Waals surface area contributed by atoms with Crippen LogP contribution in [0.1, 0.15) is 16.7 Å². The van der Waals surface area contributed by atoms with Crippen LogP contribution in [0.4, 0.5) is 14.9 Å². The van der Waals surface area contributed by atoms with Crippen LogP contribution in [0.3, 0.4) is 0 Å². The van der Waals surface area contributed by atoms with Gasteiger partial charge in [-0.2, -0.15) is 0 Å². The predicted molar refractivity (Wildman–Crippen MR) is 125 cm³/mol. The Bertz CT molecular complexity index is 1270. The van der Waals surface area contributed by atoms with E-state index >= 15 is 0 Å². The number of amides is 4. The van der Waals surface area contributed by atoms with E-state index in [4.69, 9.17) is 4.74 Å². The van der Waals surface area contributed by atoms with Crippen molar-refractivity contribution in [3.8, 4) is 5.75 Å². The first-order valence-corrected chi connectivity index (χ1v) is 10.8. The molecule has 6 nitrogen and oxygen atoms in total. The van der Waals surface area contributed by atoms with Gasteiger partial charge >= 0.3 is 6.03 Å².